The Hall–Kier alpha value is -4.66. The van der Waals surface area contributed by atoms with Gasteiger partial charge in [-0.2, -0.15) is 4.98 Å². The predicted octanol–water partition coefficient (Wildman–Crippen LogP) is 5.34. The van der Waals surface area contributed by atoms with Crippen molar-refractivity contribution in [3.05, 3.63) is 97.3 Å². The molecule has 0 fully saturated rings. The van der Waals surface area contributed by atoms with Gasteiger partial charge in [0.05, 0.1) is 6.20 Å². The largest absolute Gasteiger partial charge is 0.458 e. The van der Waals surface area contributed by atoms with Gasteiger partial charge in [-0.25, -0.2) is 9.37 Å². The molecule has 0 saturated carbocycles. The van der Waals surface area contributed by atoms with Crippen LogP contribution in [0.4, 0.5) is 33.2 Å². The van der Waals surface area contributed by atoms with Crippen molar-refractivity contribution in [2.45, 2.75) is 13.0 Å². The second kappa shape index (κ2) is 10.5. The van der Waals surface area contributed by atoms with Gasteiger partial charge in [-0.1, -0.05) is 12.6 Å². The highest BCUT2D eigenvalue weighted by Gasteiger charge is 2.11. The fourth-order valence-electron chi connectivity index (χ4n) is 3.20. The molecule has 1 unspecified atom stereocenters. The zero-order valence-electron chi connectivity index (χ0n) is 19.3. The standard InChI is InChI=1S/C26H25FN6O2/c1-4-24(34)29-19-6-5-7-20(15-19)30-25-23(27)16-28-26(32-25)31-18-8-10-21(11-9-18)35-22-12-13-33(3)17(2)14-22/h4-17H,1H2,2-3H3,(H,29,34)(H2,28,30,31,32). The van der Waals surface area contributed by atoms with Gasteiger partial charge in [0.1, 0.15) is 11.5 Å². The number of benzene rings is 2. The summed E-state index contributed by atoms with van der Waals surface area (Å²) in [5.74, 6) is 0.718. The molecule has 1 aliphatic rings. The molecule has 0 aliphatic carbocycles. The van der Waals surface area contributed by atoms with Gasteiger partial charge in [0, 0.05) is 36.4 Å². The molecule has 8 nitrogen and oxygen atoms in total. The third-order valence-electron chi connectivity index (χ3n) is 5.19. The van der Waals surface area contributed by atoms with Crippen molar-refractivity contribution in [3.8, 4) is 5.75 Å². The highest BCUT2D eigenvalue weighted by atomic mass is 19.1. The van der Waals surface area contributed by atoms with E-state index in [0.29, 0.717) is 22.8 Å². The van der Waals surface area contributed by atoms with E-state index in [9.17, 15) is 9.18 Å². The molecule has 2 aromatic carbocycles. The van der Waals surface area contributed by atoms with Crippen LogP contribution in [0.3, 0.4) is 0 Å². The average Bonchev–Trinajstić information content (AvgIpc) is 2.85. The van der Waals surface area contributed by atoms with E-state index >= 15 is 0 Å². The van der Waals surface area contributed by atoms with Crippen molar-refractivity contribution >= 4 is 34.7 Å². The first-order valence-electron chi connectivity index (χ1n) is 10.9. The number of nitrogens with zero attached hydrogens (tertiary/aromatic N) is 3. The first-order valence-corrected chi connectivity index (χ1v) is 10.9. The topological polar surface area (TPSA) is 91.4 Å². The van der Waals surface area contributed by atoms with E-state index in [-0.39, 0.29) is 23.7 Å². The molecule has 0 spiro atoms. The van der Waals surface area contributed by atoms with E-state index in [2.05, 4.69) is 44.3 Å². The number of carbonyl (C=O) groups excluding carboxylic acids is 1. The maximum absolute atomic E-state index is 14.4. The summed E-state index contributed by atoms with van der Waals surface area (Å²) >= 11 is 0. The van der Waals surface area contributed by atoms with E-state index in [1.165, 1.54) is 6.08 Å². The summed E-state index contributed by atoms with van der Waals surface area (Å²) in [5.41, 5.74) is 1.80. The van der Waals surface area contributed by atoms with Crippen LogP contribution in [-0.4, -0.2) is 33.9 Å². The maximum atomic E-state index is 14.4. The number of hydrogen-bond donors (Lipinski definition) is 3. The Labute approximate surface area is 202 Å². The monoisotopic (exact) mass is 472 g/mol. The first-order chi connectivity index (χ1) is 16.9. The van der Waals surface area contributed by atoms with Gasteiger partial charge in [0.15, 0.2) is 11.6 Å². The number of nitrogens with one attached hydrogen (secondary N) is 3. The summed E-state index contributed by atoms with van der Waals surface area (Å²) in [4.78, 5) is 21.9. The number of amides is 1. The van der Waals surface area contributed by atoms with Crippen LogP contribution < -0.4 is 20.7 Å². The van der Waals surface area contributed by atoms with Gasteiger partial charge in [0.2, 0.25) is 11.9 Å². The third kappa shape index (κ3) is 6.23. The highest BCUT2D eigenvalue weighted by Crippen LogP contribution is 2.24. The van der Waals surface area contributed by atoms with E-state index in [4.69, 9.17) is 4.74 Å². The fourth-order valence-corrected chi connectivity index (χ4v) is 3.20. The fraction of sp³-hybridized carbons (Fsp3) is 0.115. The van der Waals surface area contributed by atoms with Gasteiger partial charge in [-0.05, 0) is 67.6 Å². The molecule has 1 aromatic heterocycles. The third-order valence-corrected chi connectivity index (χ3v) is 5.19. The van der Waals surface area contributed by atoms with E-state index < -0.39 is 5.82 Å². The summed E-state index contributed by atoms with van der Waals surface area (Å²) in [6, 6.07) is 14.4. The van der Waals surface area contributed by atoms with Gasteiger partial charge < -0.3 is 25.6 Å². The molecule has 4 rings (SSSR count). The Morgan fingerprint density at radius 1 is 1.14 bits per heavy atom. The SMILES string of the molecule is C=CC(=O)Nc1cccc(Nc2nc(Nc3ccc(OC4=CC(C)N(C)C=C4)cc3)ncc2F)c1. The van der Waals surface area contributed by atoms with E-state index in [0.717, 1.165) is 12.0 Å². The second-order valence-corrected chi connectivity index (χ2v) is 7.83. The maximum Gasteiger partial charge on any atom is 0.247 e. The zero-order valence-corrected chi connectivity index (χ0v) is 19.3. The van der Waals surface area contributed by atoms with Crippen molar-refractivity contribution in [2.24, 2.45) is 0 Å². The summed E-state index contributed by atoms with van der Waals surface area (Å²) in [7, 11) is 2.01. The first kappa shape index (κ1) is 23.5. The zero-order chi connectivity index (χ0) is 24.8. The second-order valence-electron chi connectivity index (χ2n) is 7.83. The molecule has 0 radical (unpaired) electrons. The summed E-state index contributed by atoms with van der Waals surface area (Å²) in [6.07, 6.45) is 8.18. The van der Waals surface area contributed by atoms with Crippen LogP contribution in [0.2, 0.25) is 0 Å². The number of ether oxygens (including phenoxy) is 1. The highest BCUT2D eigenvalue weighted by molar-refractivity contribution is 5.99. The van der Waals surface area contributed by atoms with E-state index in [1.54, 1.807) is 24.3 Å². The van der Waals surface area contributed by atoms with Gasteiger partial charge in [-0.15, -0.1) is 0 Å². The number of rotatable bonds is 8. The molecule has 3 aromatic rings. The summed E-state index contributed by atoms with van der Waals surface area (Å²) in [6.45, 7) is 5.51. The molecule has 35 heavy (non-hydrogen) atoms. The van der Waals surface area contributed by atoms with Crippen molar-refractivity contribution in [1.29, 1.82) is 0 Å². The van der Waals surface area contributed by atoms with Crippen LogP contribution in [-0.2, 0) is 4.79 Å². The van der Waals surface area contributed by atoms with Gasteiger partial charge >= 0.3 is 0 Å². The van der Waals surface area contributed by atoms with Crippen molar-refractivity contribution < 1.29 is 13.9 Å². The summed E-state index contributed by atoms with van der Waals surface area (Å²) in [5, 5.41) is 8.63. The number of allylic oxidation sites excluding steroid dienone is 1. The Morgan fingerprint density at radius 3 is 2.66 bits per heavy atom. The minimum Gasteiger partial charge on any atom is -0.458 e. The molecule has 178 valence electrons. The average molecular weight is 473 g/mol. The smallest absolute Gasteiger partial charge is 0.247 e. The Kier molecular flexibility index (Phi) is 7.06. The summed E-state index contributed by atoms with van der Waals surface area (Å²) < 4.78 is 20.3. The van der Waals surface area contributed by atoms with Crippen LogP contribution in [0.25, 0.3) is 0 Å². The minimum atomic E-state index is -0.617. The number of aromatic nitrogens is 2. The number of anilines is 5. The molecule has 0 saturated heterocycles. The molecule has 1 atom stereocenters. The van der Waals surface area contributed by atoms with Crippen molar-refractivity contribution in [1.82, 2.24) is 14.9 Å². The Morgan fingerprint density at radius 2 is 1.91 bits per heavy atom. The molecular weight excluding hydrogens is 447 g/mol. The number of halogens is 1. The molecule has 2 heterocycles. The lowest BCUT2D eigenvalue weighted by molar-refractivity contribution is -0.111. The lowest BCUT2D eigenvalue weighted by atomic mass is 10.2. The number of carbonyl (C=O) groups is 1. The van der Waals surface area contributed by atoms with Crippen LogP contribution >= 0.6 is 0 Å². The molecule has 1 amide bonds. The van der Waals surface area contributed by atoms with E-state index in [1.807, 2.05) is 49.7 Å². The lowest BCUT2D eigenvalue weighted by Gasteiger charge is -2.24. The van der Waals surface area contributed by atoms with Gasteiger partial charge in [0.25, 0.3) is 0 Å². The van der Waals surface area contributed by atoms with Crippen LogP contribution in [0.1, 0.15) is 6.92 Å². The molecule has 3 N–H and O–H groups in total. The molecule has 9 heteroatoms. The quantitative estimate of drug-likeness (QED) is 0.381. The Balaban J connectivity index is 1.42. The van der Waals surface area contributed by atoms with Gasteiger partial charge in [-0.3, -0.25) is 4.79 Å². The molecule has 1 aliphatic heterocycles. The molecule has 0 bridgehead atoms. The van der Waals surface area contributed by atoms with Crippen LogP contribution in [0, 0.1) is 5.82 Å². The normalized spacial score (nSPS) is 14.7. The number of likely N-dealkylation sites (N-methyl/N-ethyl adjacent to an activating group) is 1. The van der Waals surface area contributed by atoms with Crippen LogP contribution in [0.15, 0.2) is 91.5 Å². The van der Waals surface area contributed by atoms with Crippen molar-refractivity contribution in [2.75, 3.05) is 23.0 Å². The van der Waals surface area contributed by atoms with Crippen molar-refractivity contribution in [3.63, 3.8) is 0 Å². The predicted molar refractivity (Wildman–Crippen MR) is 135 cm³/mol. The Bertz CT molecular complexity index is 1290. The number of hydrogen-bond acceptors (Lipinski definition) is 7. The minimum absolute atomic E-state index is 0.00948. The molecular formula is C26H25FN6O2. The lowest BCUT2D eigenvalue weighted by Crippen LogP contribution is -2.25. The van der Waals surface area contributed by atoms with Crippen LogP contribution in [0.5, 0.6) is 5.75 Å².